The highest BCUT2D eigenvalue weighted by Crippen LogP contribution is 2.37. The average Bonchev–Trinajstić information content (AvgIpc) is 3.35. The van der Waals surface area contributed by atoms with Crippen LogP contribution in [-0.4, -0.2) is 47.3 Å². The fraction of sp³-hybridized carbons (Fsp3) is 0.441. The van der Waals surface area contributed by atoms with E-state index in [2.05, 4.69) is 22.5 Å². The number of benzene rings is 1. The fourth-order valence-electron chi connectivity index (χ4n) is 5.96. The lowest BCUT2D eigenvalue weighted by atomic mass is 9.87. The molecule has 3 amide bonds. The SMILES string of the molecule is CCC1=CCCC=C1CCC(C(=O)NC1CC(F)(F)C1)N(C=O)c1cc(F)cc(F)c1.C[C@@H]1CCC(=O)N1c1cc(C#N)ccn1. The molecule has 2 aromatic rings. The Kier molecular flexibility index (Phi) is 11.3. The third kappa shape index (κ3) is 8.59. The molecule has 0 radical (unpaired) electrons. The van der Waals surface area contributed by atoms with Crippen molar-refractivity contribution in [2.45, 2.75) is 95.7 Å². The highest BCUT2D eigenvalue weighted by Gasteiger charge is 2.46. The van der Waals surface area contributed by atoms with Gasteiger partial charge in [-0.2, -0.15) is 5.26 Å². The summed E-state index contributed by atoms with van der Waals surface area (Å²) in [4.78, 5) is 43.2. The summed E-state index contributed by atoms with van der Waals surface area (Å²) >= 11 is 0. The van der Waals surface area contributed by atoms with Gasteiger partial charge in [0.05, 0.1) is 17.3 Å². The largest absolute Gasteiger partial charge is 0.351 e. The first-order valence-electron chi connectivity index (χ1n) is 15.4. The second-order valence-corrected chi connectivity index (χ2v) is 11.7. The first-order chi connectivity index (χ1) is 21.9. The van der Waals surface area contributed by atoms with Crippen molar-refractivity contribution in [3.63, 3.8) is 0 Å². The van der Waals surface area contributed by atoms with Gasteiger partial charge in [0, 0.05) is 43.6 Å². The predicted molar refractivity (Wildman–Crippen MR) is 165 cm³/mol. The summed E-state index contributed by atoms with van der Waals surface area (Å²) in [5.41, 5.74) is 2.67. The quantitative estimate of drug-likeness (QED) is 0.236. The molecule has 8 nitrogen and oxygen atoms in total. The zero-order chi connectivity index (χ0) is 33.4. The molecule has 2 atom stereocenters. The minimum absolute atomic E-state index is 0.0880. The number of anilines is 2. The minimum atomic E-state index is -2.81. The number of amides is 3. The van der Waals surface area contributed by atoms with E-state index < -0.39 is 48.4 Å². The second-order valence-electron chi connectivity index (χ2n) is 11.7. The Morgan fingerprint density at radius 3 is 2.41 bits per heavy atom. The molecule has 1 saturated heterocycles. The van der Waals surface area contributed by atoms with Gasteiger partial charge in [0.2, 0.25) is 18.2 Å². The fourth-order valence-corrected chi connectivity index (χ4v) is 5.96. The van der Waals surface area contributed by atoms with Gasteiger partial charge in [0.25, 0.3) is 5.92 Å². The number of allylic oxidation sites excluding steroid dienone is 4. The molecule has 1 aliphatic heterocycles. The molecule has 0 spiro atoms. The standard InChI is InChI=1S/C23H26F4N2O2.C11H11N3O/c1-2-15-5-3-4-6-16(15)7-8-21(22(31)28-19-12-23(26,27)13-19)29(14-30)20-10-17(24)9-18(25)11-20;1-8-2-3-11(15)14(8)10-6-9(7-12)4-5-13-10/h5-6,9-11,14,19,21H,2-4,7-8,12-13H2,1H3,(H,28,31);4-6,8H,2-3H2,1H3/t;8-/m.1/s1. The number of aromatic nitrogens is 1. The lowest BCUT2D eigenvalue weighted by molar-refractivity contribution is -0.131. The summed E-state index contributed by atoms with van der Waals surface area (Å²) in [7, 11) is 0. The Bertz CT molecular complexity index is 1530. The van der Waals surface area contributed by atoms with Crippen molar-refractivity contribution < 1.29 is 31.9 Å². The van der Waals surface area contributed by atoms with E-state index in [1.54, 1.807) is 23.2 Å². The second kappa shape index (κ2) is 15.2. The Balaban J connectivity index is 0.000000266. The topological polar surface area (TPSA) is 106 Å². The van der Waals surface area contributed by atoms with E-state index in [1.165, 1.54) is 5.57 Å². The number of pyridine rings is 1. The Hall–Kier alpha value is -4.53. The smallest absolute Gasteiger partial charge is 0.252 e. The summed E-state index contributed by atoms with van der Waals surface area (Å²) in [5.74, 6) is -4.52. The zero-order valence-electron chi connectivity index (χ0n) is 25.8. The van der Waals surface area contributed by atoms with Gasteiger partial charge in [0.1, 0.15) is 23.5 Å². The third-order valence-corrected chi connectivity index (χ3v) is 8.37. The third-order valence-electron chi connectivity index (χ3n) is 8.37. The molecule has 1 unspecified atom stereocenters. The number of nitriles is 1. The number of hydrogen-bond donors (Lipinski definition) is 1. The molecule has 2 aliphatic carbocycles. The van der Waals surface area contributed by atoms with E-state index >= 15 is 0 Å². The minimum Gasteiger partial charge on any atom is -0.351 e. The lowest BCUT2D eigenvalue weighted by Crippen LogP contribution is -2.55. The number of carbonyl (C=O) groups is 3. The molecule has 1 saturated carbocycles. The van der Waals surface area contributed by atoms with Crippen LogP contribution in [0.3, 0.4) is 0 Å². The van der Waals surface area contributed by atoms with E-state index in [0.29, 0.717) is 36.7 Å². The maximum Gasteiger partial charge on any atom is 0.252 e. The number of hydrogen-bond acceptors (Lipinski definition) is 5. The van der Waals surface area contributed by atoms with Crippen LogP contribution >= 0.6 is 0 Å². The summed E-state index contributed by atoms with van der Waals surface area (Å²) in [5, 5.41) is 11.3. The van der Waals surface area contributed by atoms with Crippen molar-refractivity contribution >= 4 is 29.7 Å². The molecular formula is C34H37F4N5O3. The first kappa shape index (κ1) is 34.3. The molecular weight excluding hydrogens is 602 g/mol. The van der Waals surface area contributed by atoms with Gasteiger partial charge >= 0.3 is 0 Å². The molecule has 5 rings (SSSR count). The van der Waals surface area contributed by atoms with Gasteiger partial charge in [-0.05, 0) is 80.9 Å². The monoisotopic (exact) mass is 639 g/mol. The zero-order valence-corrected chi connectivity index (χ0v) is 25.8. The highest BCUT2D eigenvalue weighted by molar-refractivity contribution is 5.95. The number of halogens is 4. The van der Waals surface area contributed by atoms with E-state index in [9.17, 15) is 31.9 Å². The molecule has 0 bridgehead atoms. The summed E-state index contributed by atoms with van der Waals surface area (Å²) in [6, 6.07) is 6.33. The van der Waals surface area contributed by atoms with Gasteiger partial charge in [-0.25, -0.2) is 22.5 Å². The molecule has 244 valence electrons. The molecule has 1 aromatic carbocycles. The van der Waals surface area contributed by atoms with Gasteiger partial charge in [-0.15, -0.1) is 0 Å². The maximum absolute atomic E-state index is 13.7. The Labute approximate surface area is 265 Å². The molecule has 46 heavy (non-hydrogen) atoms. The van der Waals surface area contributed by atoms with E-state index in [1.807, 2.05) is 19.9 Å². The van der Waals surface area contributed by atoms with Gasteiger partial charge in [-0.3, -0.25) is 19.3 Å². The van der Waals surface area contributed by atoms with Crippen molar-refractivity contribution in [2.75, 3.05) is 9.80 Å². The van der Waals surface area contributed by atoms with Crippen LogP contribution in [0.4, 0.5) is 29.1 Å². The molecule has 3 aliphatic rings. The lowest BCUT2D eigenvalue weighted by Gasteiger charge is -2.37. The van der Waals surface area contributed by atoms with Crippen molar-refractivity contribution in [3.8, 4) is 6.07 Å². The van der Waals surface area contributed by atoms with Crippen LogP contribution in [0.5, 0.6) is 0 Å². The summed E-state index contributed by atoms with van der Waals surface area (Å²) in [6.45, 7) is 4.02. The van der Waals surface area contributed by atoms with Crippen molar-refractivity contribution in [2.24, 2.45) is 0 Å². The normalized spacial score (nSPS) is 19.5. The van der Waals surface area contributed by atoms with Crippen LogP contribution in [0.25, 0.3) is 0 Å². The Morgan fingerprint density at radius 1 is 1.17 bits per heavy atom. The van der Waals surface area contributed by atoms with Crippen molar-refractivity contribution in [3.05, 3.63) is 77.0 Å². The molecule has 2 fully saturated rings. The maximum atomic E-state index is 13.7. The van der Waals surface area contributed by atoms with Crippen molar-refractivity contribution in [1.29, 1.82) is 5.26 Å². The molecule has 1 aromatic heterocycles. The van der Waals surface area contributed by atoms with E-state index in [-0.39, 0.29) is 24.1 Å². The number of nitrogens with zero attached hydrogens (tertiary/aromatic N) is 4. The van der Waals surface area contributed by atoms with Gasteiger partial charge in [-0.1, -0.05) is 19.1 Å². The number of rotatable bonds is 10. The first-order valence-corrected chi connectivity index (χ1v) is 15.4. The summed E-state index contributed by atoms with van der Waals surface area (Å²) in [6.07, 6.45) is 9.94. The number of carbonyl (C=O) groups excluding carboxylic acids is 3. The average molecular weight is 640 g/mol. The summed E-state index contributed by atoms with van der Waals surface area (Å²) < 4.78 is 53.8. The van der Waals surface area contributed by atoms with Crippen LogP contribution in [0, 0.1) is 23.0 Å². The molecule has 1 N–H and O–H groups in total. The van der Waals surface area contributed by atoms with Crippen molar-refractivity contribution in [1.82, 2.24) is 10.3 Å². The highest BCUT2D eigenvalue weighted by atomic mass is 19.3. The van der Waals surface area contributed by atoms with E-state index in [4.69, 9.17) is 5.26 Å². The van der Waals surface area contributed by atoms with Crippen LogP contribution in [0.1, 0.15) is 77.2 Å². The number of alkyl halides is 2. The van der Waals surface area contributed by atoms with E-state index in [0.717, 1.165) is 48.3 Å². The van der Waals surface area contributed by atoms with Crippen LogP contribution in [0.15, 0.2) is 59.8 Å². The predicted octanol–water partition coefficient (Wildman–Crippen LogP) is 6.52. The number of nitrogens with one attached hydrogen (secondary N) is 1. The van der Waals surface area contributed by atoms with Gasteiger partial charge in [0.15, 0.2) is 0 Å². The van der Waals surface area contributed by atoms with Crippen LogP contribution in [0.2, 0.25) is 0 Å². The molecule has 12 heteroatoms. The van der Waals surface area contributed by atoms with Gasteiger partial charge < -0.3 is 10.2 Å². The van der Waals surface area contributed by atoms with Crippen LogP contribution < -0.4 is 15.1 Å². The van der Waals surface area contributed by atoms with Crippen LogP contribution in [-0.2, 0) is 14.4 Å². The molecule has 2 heterocycles. The Morgan fingerprint density at radius 2 is 1.85 bits per heavy atom.